The molecule has 0 amide bonds. The van der Waals surface area contributed by atoms with Crippen LogP contribution in [-0.2, 0) is 0 Å². The first kappa shape index (κ1) is 10.2. The molecule has 0 spiro atoms. The lowest BCUT2D eigenvalue weighted by molar-refractivity contribution is 0.624. The summed E-state index contributed by atoms with van der Waals surface area (Å²) in [7, 11) is 0. The van der Waals surface area contributed by atoms with Crippen LogP contribution in [0.3, 0.4) is 0 Å². The molecule has 1 rings (SSSR count). The highest BCUT2D eigenvalue weighted by molar-refractivity contribution is 9.10. The van der Waals surface area contributed by atoms with E-state index in [2.05, 4.69) is 15.9 Å². The highest BCUT2D eigenvalue weighted by Gasteiger charge is 2.05. The van der Waals surface area contributed by atoms with Crippen LogP contribution in [0.1, 0.15) is 5.56 Å². The van der Waals surface area contributed by atoms with E-state index in [4.69, 9.17) is 16.9 Å². The topological polar surface area (TPSA) is 23.8 Å². The van der Waals surface area contributed by atoms with E-state index < -0.39 is 5.82 Å². The van der Waals surface area contributed by atoms with Crippen LogP contribution in [0.2, 0.25) is 0 Å². The number of rotatable bonds is 1. The fourth-order valence-corrected chi connectivity index (χ4v) is 1.35. The van der Waals surface area contributed by atoms with E-state index in [1.54, 1.807) is 12.1 Å². The average Bonchev–Trinajstić information content (AvgIpc) is 2.04. The number of benzene rings is 1. The quantitative estimate of drug-likeness (QED) is 0.707. The third-order valence-electron chi connectivity index (χ3n) is 1.38. The monoisotopic (exact) mass is 259 g/mol. The fraction of sp³-hybridized carbons (Fsp3) is 0. The summed E-state index contributed by atoms with van der Waals surface area (Å²) in [6.07, 6.45) is 1.09. The maximum absolute atomic E-state index is 13.2. The van der Waals surface area contributed by atoms with Gasteiger partial charge in [0.25, 0.3) is 0 Å². The van der Waals surface area contributed by atoms with Crippen molar-refractivity contribution in [3.05, 3.63) is 40.1 Å². The SMILES string of the molecule is N#C/C=C(\Cl)c1ccc(Br)cc1F. The van der Waals surface area contributed by atoms with Crippen LogP contribution in [-0.4, -0.2) is 0 Å². The highest BCUT2D eigenvalue weighted by atomic mass is 79.9. The first-order valence-corrected chi connectivity index (χ1v) is 4.53. The van der Waals surface area contributed by atoms with Gasteiger partial charge < -0.3 is 0 Å². The van der Waals surface area contributed by atoms with Crippen molar-refractivity contribution in [1.82, 2.24) is 0 Å². The second-order valence-electron chi connectivity index (χ2n) is 2.25. The largest absolute Gasteiger partial charge is 0.206 e. The molecule has 0 fully saturated rings. The molecule has 0 atom stereocenters. The lowest BCUT2D eigenvalue weighted by atomic mass is 10.2. The Morgan fingerprint density at radius 1 is 1.62 bits per heavy atom. The molecule has 0 heterocycles. The van der Waals surface area contributed by atoms with E-state index in [1.807, 2.05) is 0 Å². The normalized spacial score (nSPS) is 11.1. The van der Waals surface area contributed by atoms with E-state index in [9.17, 15) is 4.39 Å². The molecule has 0 N–H and O–H groups in total. The third-order valence-corrected chi connectivity index (χ3v) is 2.19. The summed E-state index contributed by atoms with van der Waals surface area (Å²) in [4.78, 5) is 0. The number of hydrogen-bond acceptors (Lipinski definition) is 1. The molecule has 1 aromatic rings. The molecule has 0 saturated carbocycles. The Balaban J connectivity index is 3.18. The summed E-state index contributed by atoms with van der Waals surface area (Å²) in [5, 5.41) is 8.41. The van der Waals surface area contributed by atoms with Gasteiger partial charge >= 0.3 is 0 Å². The Hall–Kier alpha value is -0.850. The van der Waals surface area contributed by atoms with Gasteiger partial charge in [-0.25, -0.2) is 4.39 Å². The molecular weight excluding hydrogens is 256 g/mol. The molecule has 13 heavy (non-hydrogen) atoms. The number of allylic oxidation sites excluding steroid dienone is 1. The van der Waals surface area contributed by atoms with Crippen molar-refractivity contribution < 1.29 is 4.39 Å². The minimum Gasteiger partial charge on any atom is -0.206 e. The first-order valence-electron chi connectivity index (χ1n) is 3.36. The Morgan fingerprint density at radius 3 is 2.85 bits per heavy atom. The predicted molar refractivity (Wildman–Crippen MR) is 53.5 cm³/mol. The molecule has 4 heteroatoms. The van der Waals surface area contributed by atoms with Crippen LogP contribution >= 0.6 is 27.5 Å². The molecule has 0 unspecified atom stereocenters. The smallest absolute Gasteiger partial charge is 0.133 e. The van der Waals surface area contributed by atoms with Crippen LogP contribution in [0.5, 0.6) is 0 Å². The van der Waals surface area contributed by atoms with Crippen LogP contribution in [0.4, 0.5) is 4.39 Å². The molecule has 66 valence electrons. The van der Waals surface area contributed by atoms with Crippen LogP contribution in [0.15, 0.2) is 28.7 Å². The number of hydrogen-bond donors (Lipinski definition) is 0. The summed E-state index contributed by atoms with van der Waals surface area (Å²) in [6.45, 7) is 0. The fourth-order valence-electron chi connectivity index (χ4n) is 0.818. The number of nitriles is 1. The summed E-state index contributed by atoms with van der Waals surface area (Å²) < 4.78 is 13.8. The molecule has 0 aliphatic rings. The van der Waals surface area contributed by atoms with Crippen molar-refractivity contribution in [3.63, 3.8) is 0 Å². The van der Waals surface area contributed by atoms with E-state index in [1.165, 1.54) is 12.1 Å². The zero-order valence-electron chi connectivity index (χ0n) is 6.39. The Kier molecular flexibility index (Phi) is 3.47. The molecule has 0 radical (unpaired) electrons. The highest BCUT2D eigenvalue weighted by Crippen LogP contribution is 2.24. The maximum Gasteiger partial charge on any atom is 0.133 e. The Labute approximate surface area is 88.6 Å². The number of halogens is 3. The van der Waals surface area contributed by atoms with Crippen molar-refractivity contribution in [3.8, 4) is 6.07 Å². The van der Waals surface area contributed by atoms with Gasteiger partial charge in [-0.3, -0.25) is 0 Å². The standard InChI is InChI=1S/C9H4BrClFN/c10-6-1-2-7(9(12)5-6)8(11)3-4-13/h1-3,5H/b8-3-. The molecule has 1 aromatic carbocycles. The van der Waals surface area contributed by atoms with Crippen molar-refractivity contribution in [2.24, 2.45) is 0 Å². The van der Waals surface area contributed by atoms with Crippen molar-refractivity contribution in [2.45, 2.75) is 0 Å². The van der Waals surface area contributed by atoms with E-state index in [0.29, 0.717) is 4.47 Å². The van der Waals surface area contributed by atoms with Crippen molar-refractivity contribution in [2.75, 3.05) is 0 Å². The van der Waals surface area contributed by atoms with E-state index >= 15 is 0 Å². The second kappa shape index (κ2) is 4.40. The second-order valence-corrected chi connectivity index (χ2v) is 3.57. The van der Waals surface area contributed by atoms with Gasteiger partial charge in [0.15, 0.2) is 0 Å². The molecule has 0 aliphatic carbocycles. The van der Waals surface area contributed by atoms with Crippen molar-refractivity contribution in [1.29, 1.82) is 5.26 Å². The maximum atomic E-state index is 13.2. The van der Waals surface area contributed by atoms with Gasteiger partial charge in [0.2, 0.25) is 0 Å². The number of nitrogens with zero attached hydrogens (tertiary/aromatic N) is 1. The Morgan fingerprint density at radius 2 is 2.31 bits per heavy atom. The molecule has 1 nitrogen and oxygen atoms in total. The summed E-state index contributed by atoms with van der Waals surface area (Å²) >= 11 is 8.76. The van der Waals surface area contributed by atoms with Gasteiger partial charge in [-0.05, 0) is 18.2 Å². The zero-order chi connectivity index (χ0) is 9.84. The first-order chi connectivity index (χ1) is 6.15. The summed E-state index contributed by atoms with van der Waals surface area (Å²) in [5.74, 6) is -0.453. The van der Waals surface area contributed by atoms with Gasteiger partial charge in [0.05, 0.1) is 11.1 Å². The summed E-state index contributed by atoms with van der Waals surface area (Å²) in [5.41, 5.74) is 0.228. The molecule has 0 aromatic heterocycles. The van der Waals surface area contributed by atoms with Gasteiger partial charge in [-0.1, -0.05) is 27.5 Å². The predicted octanol–water partition coefficient (Wildman–Crippen LogP) is 3.69. The molecule has 0 aliphatic heterocycles. The summed E-state index contributed by atoms with van der Waals surface area (Å²) in [6, 6.07) is 6.20. The van der Waals surface area contributed by atoms with E-state index in [0.717, 1.165) is 6.08 Å². The van der Waals surface area contributed by atoms with Gasteiger partial charge in [-0.15, -0.1) is 0 Å². The minimum absolute atomic E-state index is 0.104. The minimum atomic E-state index is -0.453. The van der Waals surface area contributed by atoms with Gasteiger partial charge in [-0.2, -0.15) is 5.26 Å². The lowest BCUT2D eigenvalue weighted by Crippen LogP contribution is -1.84. The van der Waals surface area contributed by atoms with Crippen LogP contribution in [0, 0.1) is 17.1 Å². The van der Waals surface area contributed by atoms with E-state index in [-0.39, 0.29) is 10.6 Å². The van der Waals surface area contributed by atoms with Gasteiger partial charge in [0.1, 0.15) is 5.82 Å². The molecular formula is C9H4BrClFN. The average molecular weight is 260 g/mol. The lowest BCUT2D eigenvalue weighted by Gasteiger charge is -1.99. The van der Waals surface area contributed by atoms with Crippen LogP contribution < -0.4 is 0 Å². The van der Waals surface area contributed by atoms with Crippen molar-refractivity contribution >= 4 is 32.6 Å². The zero-order valence-corrected chi connectivity index (χ0v) is 8.73. The molecule has 0 bridgehead atoms. The third kappa shape index (κ3) is 2.55. The Bertz CT molecular complexity index is 395. The van der Waals surface area contributed by atoms with Crippen LogP contribution in [0.25, 0.3) is 5.03 Å². The van der Waals surface area contributed by atoms with Gasteiger partial charge in [0, 0.05) is 16.1 Å². The molecule has 0 saturated heterocycles.